The van der Waals surface area contributed by atoms with E-state index >= 15 is 0 Å². The van der Waals surface area contributed by atoms with Crippen LogP contribution < -0.4 is 10.9 Å². The number of carbonyl (C=O) groups excluding carboxylic acids is 2. The van der Waals surface area contributed by atoms with Crippen LogP contribution in [0.5, 0.6) is 0 Å². The van der Waals surface area contributed by atoms with Gasteiger partial charge in [0.25, 0.3) is 11.8 Å². The lowest BCUT2D eigenvalue weighted by atomic mass is 10.1. The Morgan fingerprint density at radius 1 is 1.13 bits per heavy atom. The molecule has 3 aromatic rings. The zero-order valence-corrected chi connectivity index (χ0v) is 12.9. The fourth-order valence-electron chi connectivity index (χ4n) is 2.21. The van der Waals surface area contributed by atoms with Crippen LogP contribution in [0.4, 0.5) is 4.39 Å². The Morgan fingerprint density at radius 2 is 1.91 bits per heavy atom. The van der Waals surface area contributed by atoms with E-state index in [0.29, 0.717) is 26.1 Å². The molecule has 0 aliphatic heterocycles. The molecule has 0 aliphatic rings. The highest BCUT2D eigenvalue weighted by atomic mass is 32.1. The summed E-state index contributed by atoms with van der Waals surface area (Å²) in [7, 11) is 0. The first-order valence-electron chi connectivity index (χ1n) is 6.76. The van der Waals surface area contributed by atoms with Crippen LogP contribution >= 0.6 is 11.3 Å². The maximum Gasteiger partial charge on any atom is 0.280 e. The molecular weight excluding hydrogens is 317 g/mol. The second-order valence-electron chi connectivity index (χ2n) is 4.82. The monoisotopic (exact) mass is 329 g/mol. The number of nitrogens with one attached hydrogen (secondary N) is 2. The van der Waals surface area contributed by atoms with Gasteiger partial charge in [-0.15, -0.1) is 11.3 Å². The van der Waals surface area contributed by atoms with Crippen molar-refractivity contribution in [2.45, 2.75) is 6.92 Å². The summed E-state index contributed by atoms with van der Waals surface area (Å²) in [5, 5.41) is 0.432. The number of hydrogen-bond donors (Lipinski definition) is 2. The van der Waals surface area contributed by atoms with Crippen molar-refractivity contribution < 1.29 is 14.0 Å². The summed E-state index contributed by atoms with van der Waals surface area (Å²) in [6.07, 6.45) is 2.94. The number of hydrazine groups is 1. The van der Waals surface area contributed by atoms with Gasteiger partial charge < -0.3 is 0 Å². The minimum Gasteiger partial charge on any atom is -0.267 e. The van der Waals surface area contributed by atoms with Crippen molar-refractivity contribution in [2.75, 3.05) is 0 Å². The number of thiophene rings is 1. The quantitative estimate of drug-likeness (QED) is 0.710. The topological polar surface area (TPSA) is 71.1 Å². The molecule has 0 fully saturated rings. The molecule has 0 saturated heterocycles. The Labute approximate surface area is 135 Å². The largest absolute Gasteiger partial charge is 0.280 e. The summed E-state index contributed by atoms with van der Waals surface area (Å²) >= 11 is 1.18. The van der Waals surface area contributed by atoms with Gasteiger partial charge in [0.2, 0.25) is 0 Å². The highest BCUT2D eigenvalue weighted by molar-refractivity contribution is 7.21. The van der Waals surface area contributed by atoms with Gasteiger partial charge in [0.05, 0.1) is 10.4 Å². The number of pyridine rings is 1. The lowest BCUT2D eigenvalue weighted by Gasteiger charge is -2.06. The number of nitrogens with zero attached hydrogens (tertiary/aromatic N) is 1. The molecule has 7 heteroatoms. The second-order valence-corrected chi connectivity index (χ2v) is 5.87. The molecular formula is C16H12FN3O2S. The summed E-state index contributed by atoms with van der Waals surface area (Å²) in [5.41, 5.74) is 5.54. The number of amides is 2. The molecule has 2 heterocycles. The molecule has 0 saturated carbocycles. The normalized spacial score (nSPS) is 10.5. The molecule has 2 N–H and O–H groups in total. The van der Waals surface area contributed by atoms with Crippen LogP contribution in [0, 0.1) is 12.7 Å². The predicted octanol–water partition coefficient (Wildman–Crippen LogP) is 2.82. The molecule has 0 bridgehead atoms. The number of aryl methyl sites for hydroxylation is 1. The number of aromatic nitrogens is 1. The summed E-state index contributed by atoms with van der Waals surface area (Å²) in [6, 6.07) is 7.90. The number of benzene rings is 1. The van der Waals surface area contributed by atoms with E-state index in [1.165, 1.54) is 23.6 Å². The van der Waals surface area contributed by atoms with Gasteiger partial charge in [-0.3, -0.25) is 25.4 Å². The third-order valence-electron chi connectivity index (χ3n) is 3.32. The van der Waals surface area contributed by atoms with Crippen LogP contribution in [0.3, 0.4) is 0 Å². The number of carbonyl (C=O) groups is 2. The van der Waals surface area contributed by atoms with Gasteiger partial charge in [-0.05, 0) is 36.8 Å². The van der Waals surface area contributed by atoms with E-state index in [4.69, 9.17) is 0 Å². The van der Waals surface area contributed by atoms with Gasteiger partial charge in [-0.1, -0.05) is 6.07 Å². The molecule has 0 radical (unpaired) electrons. The SMILES string of the molecule is Cc1c(C(=O)NNC(=O)c2cccnc2)sc2cccc(F)c12. The highest BCUT2D eigenvalue weighted by Gasteiger charge is 2.18. The smallest absolute Gasteiger partial charge is 0.267 e. The lowest BCUT2D eigenvalue weighted by Crippen LogP contribution is -2.41. The van der Waals surface area contributed by atoms with E-state index in [2.05, 4.69) is 15.8 Å². The number of halogens is 1. The van der Waals surface area contributed by atoms with Crippen LogP contribution in [-0.2, 0) is 0 Å². The van der Waals surface area contributed by atoms with Gasteiger partial charge >= 0.3 is 0 Å². The number of rotatable bonds is 2. The molecule has 116 valence electrons. The van der Waals surface area contributed by atoms with Crippen LogP contribution in [0.1, 0.15) is 25.6 Å². The van der Waals surface area contributed by atoms with Crippen LogP contribution in [0.15, 0.2) is 42.7 Å². The summed E-state index contributed by atoms with van der Waals surface area (Å²) in [4.78, 5) is 28.3. The van der Waals surface area contributed by atoms with Crippen molar-refractivity contribution in [1.29, 1.82) is 0 Å². The van der Waals surface area contributed by atoms with Crippen molar-refractivity contribution in [1.82, 2.24) is 15.8 Å². The zero-order valence-electron chi connectivity index (χ0n) is 12.1. The highest BCUT2D eigenvalue weighted by Crippen LogP contribution is 2.32. The van der Waals surface area contributed by atoms with E-state index < -0.39 is 11.8 Å². The Balaban J connectivity index is 1.78. The molecule has 2 amide bonds. The van der Waals surface area contributed by atoms with Gasteiger partial charge in [0, 0.05) is 22.5 Å². The molecule has 0 atom stereocenters. The van der Waals surface area contributed by atoms with Crippen molar-refractivity contribution >= 4 is 33.2 Å². The lowest BCUT2D eigenvalue weighted by molar-refractivity contribution is 0.0848. The van der Waals surface area contributed by atoms with E-state index in [0.717, 1.165) is 0 Å². The molecule has 3 rings (SSSR count). The van der Waals surface area contributed by atoms with E-state index in [-0.39, 0.29) is 5.82 Å². The van der Waals surface area contributed by atoms with Crippen molar-refractivity contribution in [3.63, 3.8) is 0 Å². The Kier molecular flexibility index (Phi) is 4.03. The maximum absolute atomic E-state index is 13.9. The summed E-state index contributed by atoms with van der Waals surface area (Å²) in [5.74, 6) is -1.33. The first-order chi connectivity index (χ1) is 11.1. The molecule has 23 heavy (non-hydrogen) atoms. The first-order valence-corrected chi connectivity index (χ1v) is 7.58. The number of fused-ring (bicyclic) bond motifs is 1. The minimum absolute atomic E-state index is 0.326. The van der Waals surface area contributed by atoms with Crippen molar-refractivity contribution in [2.24, 2.45) is 0 Å². The second kappa shape index (κ2) is 6.13. The summed E-state index contributed by atoms with van der Waals surface area (Å²) in [6.45, 7) is 1.68. The average molecular weight is 329 g/mol. The maximum atomic E-state index is 13.9. The predicted molar refractivity (Wildman–Crippen MR) is 85.7 cm³/mol. The summed E-state index contributed by atoms with van der Waals surface area (Å²) < 4.78 is 14.5. The fourth-order valence-corrected chi connectivity index (χ4v) is 3.33. The van der Waals surface area contributed by atoms with Crippen LogP contribution in [-0.4, -0.2) is 16.8 Å². The van der Waals surface area contributed by atoms with Crippen LogP contribution in [0.25, 0.3) is 10.1 Å². The van der Waals surface area contributed by atoms with Gasteiger partial charge in [-0.25, -0.2) is 4.39 Å². The Hall–Kier alpha value is -2.80. The van der Waals surface area contributed by atoms with E-state index in [1.807, 2.05) is 0 Å². The zero-order chi connectivity index (χ0) is 16.4. The minimum atomic E-state index is -0.486. The Bertz CT molecular complexity index is 893. The van der Waals surface area contributed by atoms with Crippen LogP contribution in [0.2, 0.25) is 0 Å². The first kappa shape index (κ1) is 15.1. The molecule has 0 spiro atoms. The third-order valence-corrected chi connectivity index (χ3v) is 4.58. The van der Waals surface area contributed by atoms with Gasteiger partial charge in [0.1, 0.15) is 5.82 Å². The van der Waals surface area contributed by atoms with Crippen molar-refractivity contribution in [3.8, 4) is 0 Å². The van der Waals surface area contributed by atoms with Gasteiger partial charge in [-0.2, -0.15) is 0 Å². The standard InChI is InChI=1S/C16H12FN3O2S/c1-9-13-11(17)5-2-6-12(13)23-14(9)16(22)20-19-15(21)10-4-3-7-18-8-10/h2-8H,1H3,(H,19,21)(H,20,22). The molecule has 0 aliphatic carbocycles. The molecule has 2 aromatic heterocycles. The third kappa shape index (κ3) is 2.91. The van der Waals surface area contributed by atoms with Gasteiger partial charge in [0.15, 0.2) is 0 Å². The molecule has 1 aromatic carbocycles. The molecule has 5 nitrogen and oxygen atoms in total. The Morgan fingerprint density at radius 3 is 2.61 bits per heavy atom. The fraction of sp³-hybridized carbons (Fsp3) is 0.0625. The molecule has 0 unspecified atom stereocenters. The van der Waals surface area contributed by atoms with Crippen molar-refractivity contribution in [3.05, 3.63) is 64.5 Å². The van der Waals surface area contributed by atoms with E-state index in [9.17, 15) is 14.0 Å². The number of hydrogen-bond acceptors (Lipinski definition) is 4. The van der Waals surface area contributed by atoms with E-state index in [1.54, 1.807) is 37.4 Å². The average Bonchev–Trinajstić information content (AvgIpc) is 2.91.